The van der Waals surface area contributed by atoms with Crippen molar-refractivity contribution in [2.45, 2.75) is 65.7 Å². The van der Waals surface area contributed by atoms with Gasteiger partial charge in [-0.25, -0.2) is 0 Å². The van der Waals surface area contributed by atoms with E-state index in [1.165, 1.54) is 57.3 Å². The minimum Gasteiger partial charge on any atom is -0.0807 e. The first-order chi connectivity index (χ1) is 7.81. The minimum absolute atomic E-state index is 0.211. The summed E-state index contributed by atoms with van der Waals surface area (Å²) >= 11 is 0. The smallest absolute Gasteiger partial charge is 0.0227 e. The van der Waals surface area contributed by atoms with Crippen LogP contribution in [0.15, 0.2) is 11.4 Å². The van der Waals surface area contributed by atoms with Gasteiger partial charge in [0.05, 0.1) is 0 Å². The molecule has 0 amide bonds. The summed E-state index contributed by atoms with van der Waals surface area (Å²) in [7, 11) is 0.211. The molecule has 0 radical (unpaired) electrons. The normalized spacial score (nSPS) is 19.4. The highest BCUT2D eigenvalue weighted by Crippen LogP contribution is 2.47. The lowest BCUT2D eigenvalue weighted by atomic mass is 9.89. The zero-order valence-electron chi connectivity index (χ0n) is 11.5. The van der Waals surface area contributed by atoms with Crippen LogP contribution < -0.4 is 0 Å². The largest absolute Gasteiger partial charge is 0.0807 e. The fraction of sp³-hybridized carbons (Fsp3) is 0.867. The fourth-order valence-electron chi connectivity index (χ4n) is 2.81. The van der Waals surface area contributed by atoms with Gasteiger partial charge < -0.3 is 0 Å². The van der Waals surface area contributed by atoms with Gasteiger partial charge in [0.1, 0.15) is 0 Å². The molecule has 0 unspecified atom stereocenters. The molecule has 0 aromatic heterocycles. The maximum atomic E-state index is 2.70. The van der Waals surface area contributed by atoms with Crippen molar-refractivity contribution in [1.29, 1.82) is 0 Å². The Morgan fingerprint density at radius 3 is 2.19 bits per heavy atom. The summed E-state index contributed by atoms with van der Waals surface area (Å²) in [6.45, 7) is 7.08. The highest BCUT2D eigenvalue weighted by atomic mass is 31.1. The standard InChI is InChI=1S/C15H29P/c1-4-10-15(16(5-2)6-3)13-14-11-8-7-9-12-14/h13-14H,4-12H2,1-3H3. The molecule has 16 heavy (non-hydrogen) atoms. The van der Waals surface area contributed by atoms with Crippen LogP contribution in [0.4, 0.5) is 0 Å². The quantitative estimate of drug-likeness (QED) is 0.517. The van der Waals surface area contributed by atoms with Crippen molar-refractivity contribution < 1.29 is 0 Å². The third-order valence-electron chi connectivity index (χ3n) is 3.75. The molecular formula is C15H29P. The lowest BCUT2D eigenvalue weighted by Gasteiger charge is -2.23. The Balaban J connectivity index is 2.61. The molecule has 0 saturated heterocycles. The Kier molecular flexibility index (Phi) is 7.37. The van der Waals surface area contributed by atoms with E-state index in [9.17, 15) is 0 Å². The topological polar surface area (TPSA) is 0 Å². The maximum Gasteiger partial charge on any atom is -0.0227 e. The third-order valence-corrected chi connectivity index (χ3v) is 6.47. The maximum absolute atomic E-state index is 2.70. The Morgan fingerprint density at radius 2 is 1.69 bits per heavy atom. The van der Waals surface area contributed by atoms with Gasteiger partial charge in [-0.05, 0) is 42.8 Å². The van der Waals surface area contributed by atoms with Crippen LogP contribution >= 0.6 is 7.92 Å². The van der Waals surface area contributed by atoms with Crippen LogP contribution in [0.2, 0.25) is 0 Å². The van der Waals surface area contributed by atoms with Crippen molar-refractivity contribution >= 4 is 7.92 Å². The molecule has 1 fully saturated rings. The molecule has 0 aromatic rings. The number of allylic oxidation sites excluding steroid dienone is 2. The summed E-state index contributed by atoms with van der Waals surface area (Å²) in [4.78, 5) is 0. The van der Waals surface area contributed by atoms with E-state index >= 15 is 0 Å². The van der Waals surface area contributed by atoms with Crippen LogP contribution in [0, 0.1) is 5.92 Å². The molecule has 1 saturated carbocycles. The first kappa shape index (κ1) is 14.2. The number of hydrogen-bond donors (Lipinski definition) is 0. The molecule has 1 aliphatic rings. The van der Waals surface area contributed by atoms with Gasteiger partial charge >= 0.3 is 0 Å². The van der Waals surface area contributed by atoms with Crippen LogP contribution in [-0.2, 0) is 0 Å². The van der Waals surface area contributed by atoms with Crippen LogP contribution in [0.3, 0.4) is 0 Å². The second-order valence-corrected chi connectivity index (χ2v) is 7.90. The van der Waals surface area contributed by atoms with Gasteiger partial charge in [0, 0.05) is 0 Å². The molecule has 0 bridgehead atoms. The molecule has 94 valence electrons. The zero-order valence-corrected chi connectivity index (χ0v) is 12.4. The summed E-state index contributed by atoms with van der Waals surface area (Å²) in [5.41, 5.74) is 0. The van der Waals surface area contributed by atoms with Crippen LogP contribution in [-0.4, -0.2) is 12.3 Å². The van der Waals surface area contributed by atoms with Crippen molar-refractivity contribution in [2.75, 3.05) is 12.3 Å². The highest BCUT2D eigenvalue weighted by Gasteiger charge is 2.15. The number of hydrogen-bond acceptors (Lipinski definition) is 0. The molecule has 0 aliphatic heterocycles. The molecule has 0 atom stereocenters. The van der Waals surface area contributed by atoms with E-state index in [4.69, 9.17) is 0 Å². The van der Waals surface area contributed by atoms with E-state index < -0.39 is 0 Å². The lowest BCUT2D eigenvalue weighted by Crippen LogP contribution is -2.04. The van der Waals surface area contributed by atoms with E-state index in [1.807, 2.05) is 5.31 Å². The Labute approximate surface area is 104 Å². The van der Waals surface area contributed by atoms with E-state index in [0.29, 0.717) is 0 Å². The van der Waals surface area contributed by atoms with Gasteiger partial charge in [-0.2, -0.15) is 0 Å². The first-order valence-corrected chi connectivity index (χ1v) is 8.98. The minimum atomic E-state index is 0.211. The average Bonchev–Trinajstić information content (AvgIpc) is 2.32. The Morgan fingerprint density at radius 1 is 1.06 bits per heavy atom. The van der Waals surface area contributed by atoms with Gasteiger partial charge in [0.2, 0.25) is 0 Å². The predicted molar refractivity (Wildman–Crippen MR) is 77.6 cm³/mol. The molecule has 0 N–H and O–H groups in total. The van der Waals surface area contributed by atoms with Crippen molar-refractivity contribution in [1.82, 2.24) is 0 Å². The number of rotatable bonds is 6. The second-order valence-electron chi connectivity index (χ2n) is 4.98. The molecule has 1 heteroatoms. The monoisotopic (exact) mass is 240 g/mol. The average molecular weight is 240 g/mol. The molecule has 1 aliphatic carbocycles. The van der Waals surface area contributed by atoms with Crippen molar-refractivity contribution in [3.05, 3.63) is 11.4 Å². The summed E-state index contributed by atoms with van der Waals surface area (Å²) < 4.78 is 0. The Hall–Kier alpha value is 0.170. The SMILES string of the molecule is CCCC(=CC1CCCCC1)P(CC)CC. The molecule has 0 nitrogen and oxygen atoms in total. The molecule has 0 aromatic carbocycles. The van der Waals surface area contributed by atoms with Crippen molar-refractivity contribution in [3.63, 3.8) is 0 Å². The summed E-state index contributed by atoms with van der Waals surface area (Å²) in [5, 5.41) is 1.84. The lowest BCUT2D eigenvalue weighted by molar-refractivity contribution is 0.418. The summed E-state index contributed by atoms with van der Waals surface area (Å²) in [6, 6.07) is 0. The van der Waals surface area contributed by atoms with Crippen LogP contribution in [0.1, 0.15) is 65.7 Å². The van der Waals surface area contributed by atoms with Crippen molar-refractivity contribution in [2.24, 2.45) is 5.92 Å². The van der Waals surface area contributed by atoms with E-state index in [0.717, 1.165) is 5.92 Å². The molecule has 0 spiro atoms. The van der Waals surface area contributed by atoms with E-state index in [2.05, 4.69) is 26.8 Å². The van der Waals surface area contributed by atoms with Gasteiger partial charge in [0.25, 0.3) is 0 Å². The van der Waals surface area contributed by atoms with Gasteiger partial charge in [0.15, 0.2) is 0 Å². The Bertz CT molecular complexity index is 197. The fourth-order valence-corrected chi connectivity index (χ4v) is 5.03. The van der Waals surface area contributed by atoms with Crippen LogP contribution in [0.5, 0.6) is 0 Å². The van der Waals surface area contributed by atoms with Gasteiger partial charge in [-0.15, -0.1) is 0 Å². The van der Waals surface area contributed by atoms with Gasteiger partial charge in [-0.3, -0.25) is 0 Å². The van der Waals surface area contributed by atoms with E-state index in [1.54, 1.807) is 0 Å². The third kappa shape index (κ3) is 4.58. The second kappa shape index (κ2) is 8.29. The molecule has 0 heterocycles. The van der Waals surface area contributed by atoms with Crippen LogP contribution in [0.25, 0.3) is 0 Å². The van der Waals surface area contributed by atoms with Crippen molar-refractivity contribution in [3.8, 4) is 0 Å². The highest BCUT2D eigenvalue weighted by molar-refractivity contribution is 7.61. The zero-order chi connectivity index (χ0) is 11.8. The van der Waals surface area contributed by atoms with E-state index in [-0.39, 0.29) is 7.92 Å². The summed E-state index contributed by atoms with van der Waals surface area (Å²) in [6.07, 6.45) is 15.5. The summed E-state index contributed by atoms with van der Waals surface area (Å²) in [5.74, 6) is 0.929. The van der Waals surface area contributed by atoms with Gasteiger partial charge in [-0.1, -0.05) is 60.5 Å². The molecular weight excluding hydrogens is 211 g/mol. The molecule has 1 rings (SSSR count). The predicted octanol–water partition coefficient (Wildman–Crippen LogP) is 5.77. The first-order valence-electron chi connectivity index (χ1n) is 7.27.